The van der Waals surface area contributed by atoms with Gasteiger partial charge in [0.05, 0.1) is 16.9 Å². The Balaban J connectivity index is 1.48. The minimum Gasteiger partial charge on any atom is -0.505 e. The van der Waals surface area contributed by atoms with Crippen LogP contribution >= 0.6 is 0 Å². The number of nitrogens with one attached hydrogen (secondary N) is 1. The van der Waals surface area contributed by atoms with E-state index in [1.807, 2.05) is 18.2 Å². The van der Waals surface area contributed by atoms with Gasteiger partial charge < -0.3 is 14.6 Å². The first-order valence-corrected chi connectivity index (χ1v) is 9.93. The van der Waals surface area contributed by atoms with Crippen LogP contribution in [0.5, 0.6) is 5.75 Å². The van der Waals surface area contributed by atoms with Gasteiger partial charge in [-0.15, -0.1) is 10.2 Å². The van der Waals surface area contributed by atoms with Crippen molar-refractivity contribution in [3.63, 3.8) is 0 Å². The molecule has 2 aromatic carbocycles. The first kappa shape index (κ1) is 19.6. The van der Waals surface area contributed by atoms with Crippen molar-refractivity contribution >= 4 is 17.3 Å². The second kappa shape index (κ2) is 7.38. The number of carbonyl (C=O) groups is 1. The highest BCUT2D eigenvalue weighted by atomic mass is 16.4. The predicted octanol–water partition coefficient (Wildman–Crippen LogP) is 4.65. The summed E-state index contributed by atoms with van der Waals surface area (Å²) < 4.78 is 6.68. The predicted molar refractivity (Wildman–Crippen MR) is 115 cm³/mol. The quantitative estimate of drug-likeness (QED) is 0.396. The van der Waals surface area contributed by atoms with Crippen LogP contribution in [0, 0.1) is 6.92 Å². The van der Waals surface area contributed by atoms with Crippen LogP contribution in [0.1, 0.15) is 27.4 Å². The van der Waals surface area contributed by atoms with Crippen molar-refractivity contribution < 1.29 is 19.4 Å². The average Bonchev–Trinajstić information content (AvgIpc) is 3.34. The monoisotopic (exact) mass is 430 g/mol. The van der Waals surface area contributed by atoms with Gasteiger partial charge in [0, 0.05) is 0 Å². The Morgan fingerprint density at radius 3 is 2.59 bits per heavy atom. The van der Waals surface area contributed by atoms with Crippen molar-refractivity contribution in [1.29, 1.82) is 0 Å². The summed E-state index contributed by atoms with van der Waals surface area (Å²) in [6.07, 6.45) is 2.06. The molecule has 0 aliphatic heterocycles. The Morgan fingerprint density at radius 2 is 1.91 bits per heavy atom. The molecule has 1 aliphatic rings. The number of benzene rings is 2. The molecule has 0 spiro atoms. The largest absolute Gasteiger partial charge is 0.505 e. The van der Waals surface area contributed by atoms with Gasteiger partial charge in [0.15, 0.2) is 11.4 Å². The molecule has 0 amide bonds. The number of aromatic amines is 1. The summed E-state index contributed by atoms with van der Waals surface area (Å²) in [4.78, 5) is 23.9. The number of phenols is 1. The minimum absolute atomic E-state index is 0.114. The zero-order valence-electron chi connectivity index (χ0n) is 17.0. The number of furan rings is 1. The molecule has 0 radical (unpaired) electrons. The van der Waals surface area contributed by atoms with Gasteiger partial charge in [-0.25, -0.2) is 9.48 Å². The van der Waals surface area contributed by atoms with E-state index in [4.69, 9.17) is 9.52 Å². The summed E-state index contributed by atoms with van der Waals surface area (Å²) in [5, 5.41) is 30.8. The van der Waals surface area contributed by atoms with Gasteiger partial charge in [-0.1, -0.05) is 12.1 Å². The maximum Gasteiger partial charge on any atom is 0.371 e. The Hall–Kier alpha value is -4.40. The van der Waals surface area contributed by atoms with Crippen LogP contribution in [0.25, 0.3) is 17.0 Å². The first-order chi connectivity index (χ1) is 15.4. The van der Waals surface area contributed by atoms with E-state index in [0.717, 1.165) is 18.5 Å². The number of aromatic nitrogens is 2. The molecule has 0 unspecified atom stereocenters. The maximum absolute atomic E-state index is 12.9. The fraction of sp³-hybridized carbons (Fsp3) is 0.130. The van der Waals surface area contributed by atoms with Gasteiger partial charge >= 0.3 is 5.97 Å². The van der Waals surface area contributed by atoms with Gasteiger partial charge in [-0.2, -0.15) is 0 Å². The van der Waals surface area contributed by atoms with Crippen LogP contribution in [0.2, 0.25) is 0 Å². The number of nitrogens with zero attached hydrogens (tertiary/aromatic N) is 3. The third-order valence-corrected chi connectivity index (χ3v) is 5.51. The SMILES string of the molecule is Cc1[nH]n(-c2ccc3c(c2)CC3)c(=O)c1N=Nc1cccc(-c2ccc(C(=O)O)o2)c1O. The number of aryl methyl sites for hydroxylation is 3. The van der Waals surface area contributed by atoms with Crippen LogP contribution < -0.4 is 5.56 Å². The number of aromatic hydroxyl groups is 1. The average molecular weight is 430 g/mol. The highest BCUT2D eigenvalue weighted by Crippen LogP contribution is 2.38. The van der Waals surface area contributed by atoms with Crippen molar-refractivity contribution in [2.75, 3.05) is 0 Å². The molecular weight excluding hydrogens is 412 g/mol. The third kappa shape index (κ3) is 3.20. The highest BCUT2D eigenvalue weighted by Gasteiger charge is 2.18. The fourth-order valence-electron chi connectivity index (χ4n) is 3.67. The molecule has 2 heterocycles. The number of fused-ring (bicyclic) bond motifs is 1. The summed E-state index contributed by atoms with van der Waals surface area (Å²) >= 11 is 0. The van der Waals surface area contributed by atoms with Gasteiger partial charge in [-0.3, -0.25) is 9.89 Å². The summed E-state index contributed by atoms with van der Waals surface area (Å²) in [6.45, 7) is 1.72. The molecule has 0 saturated carbocycles. The summed E-state index contributed by atoms with van der Waals surface area (Å²) in [7, 11) is 0. The molecule has 0 bridgehead atoms. The molecule has 9 nitrogen and oxygen atoms in total. The van der Waals surface area contributed by atoms with E-state index >= 15 is 0 Å². The van der Waals surface area contributed by atoms with Gasteiger partial charge in [0.25, 0.3) is 5.56 Å². The summed E-state index contributed by atoms with van der Waals surface area (Å²) in [5.74, 6) is -1.51. The number of carboxylic acid groups (broad SMARTS) is 1. The van der Waals surface area contributed by atoms with Gasteiger partial charge in [0.2, 0.25) is 5.76 Å². The maximum atomic E-state index is 12.9. The Kier molecular flexibility index (Phi) is 4.51. The molecule has 0 atom stereocenters. The second-order valence-electron chi connectivity index (χ2n) is 7.52. The molecule has 5 rings (SSSR count). The molecule has 32 heavy (non-hydrogen) atoms. The van der Waals surface area contributed by atoms with E-state index in [1.165, 1.54) is 34.0 Å². The van der Waals surface area contributed by atoms with E-state index < -0.39 is 5.97 Å². The van der Waals surface area contributed by atoms with Crippen molar-refractivity contribution in [2.45, 2.75) is 19.8 Å². The standard InChI is InChI=1S/C23H18N4O5/c1-12-20(22(29)27(26-12)15-8-7-13-5-6-14(13)11-15)25-24-17-4-2-3-16(21(17)28)18-9-10-19(32-18)23(30)31/h2-4,7-11,26,28H,5-6H2,1H3,(H,30,31). The number of aromatic carboxylic acids is 1. The number of carboxylic acids is 1. The van der Waals surface area contributed by atoms with Gasteiger partial charge in [-0.05, 0) is 67.3 Å². The first-order valence-electron chi connectivity index (χ1n) is 9.93. The zero-order chi connectivity index (χ0) is 22.4. The number of H-pyrrole nitrogens is 1. The molecule has 2 aromatic heterocycles. The van der Waals surface area contributed by atoms with E-state index in [0.29, 0.717) is 5.69 Å². The van der Waals surface area contributed by atoms with Crippen LogP contribution in [-0.2, 0) is 12.8 Å². The van der Waals surface area contributed by atoms with E-state index in [1.54, 1.807) is 19.1 Å². The third-order valence-electron chi connectivity index (χ3n) is 5.51. The van der Waals surface area contributed by atoms with E-state index in [9.17, 15) is 14.7 Å². The topological polar surface area (TPSA) is 133 Å². The molecular formula is C23H18N4O5. The molecule has 9 heteroatoms. The highest BCUT2D eigenvalue weighted by molar-refractivity contribution is 5.85. The zero-order valence-corrected chi connectivity index (χ0v) is 17.0. The van der Waals surface area contributed by atoms with Crippen LogP contribution in [-0.4, -0.2) is 26.0 Å². The fourth-order valence-corrected chi connectivity index (χ4v) is 3.67. The lowest BCUT2D eigenvalue weighted by atomic mass is 9.88. The molecule has 0 saturated heterocycles. The van der Waals surface area contributed by atoms with Crippen molar-refractivity contribution in [1.82, 2.24) is 9.78 Å². The number of para-hydroxylation sites is 1. The molecule has 3 N–H and O–H groups in total. The number of hydrogen-bond donors (Lipinski definition) is 3. The van der Waals surface area contributed by atoms with Gasteiger partial charge in [0.1, 0.15) is 11.4 Å². The van der Waals surface area contributed by atoms with Crippen LogP contribution in [0.4, 0.5) is 11.4 Å². The number of azo groups is 1. The lowest BCUT2D eigenvalue weighted by molar-refractivity contribution is 0.0663. The Morgan fingerprint density at radius 1 is 1.09 bits per heavy atom. The minimum atomic E-state index is -1.21. The lowest BCUT2D eigenvalue weighted by Gasteiger charge is -2.19. The molecule has 4 aromatic rings. The smallest absolute Gasteiger partial charge is 0.371 e. The van der Waals surface area contributed by atoms with Crippen LogP contribution in [0.3, 0.4) is 0 Å². The van der Waals surface area contributed by atoms with Crippen molar-refractivity contribution in [2.24, 2.45) is 10.2 Å². The Bertz CT molecular complexity index is 1460. The number of phenolic OH excluding ortho intramolecular Hbond substituents is 1. The normalized spacial score (nSPS) is 12.7. The van der Waals surface area contributed by atoms with E-state index in [-0.39, 0.29) is 39.8 Å². The molecule has 0 fully saturated rings. The molecule has 160 valence electrons. The molecule has 1 aliphatic carbocycles. The van der Waals surface area contributed by atoms with E-state index in [2.05, 4.69) is 15.3 Å². The van der Waals surface area contributed by atoms with Crippen LogP contribution in [0.15, 0.2) is 68.0 Å². The lowest BCUT2D eigenvalue weighted by Crippen LogP contribution is -2.16. The number of rotatable bonds is 5. The second-order valence-corrected chi connectivity index (χ2v) is 7.52. The van der Waals surface area contributed by atoms with Crippen molar-refractivity contribution in [3.8, 4) is 22.8 Å². The van der Waals surface area contributed by atoms with Crippen molar-refractivity contribution in [3.05, 3.63) is 81.5 Å². The Labute approximate surface area is 181 Å². The number of hydrogen-bond acceptors (Lipinski definition) is 6. The summed E-state index contributed by atoms with van der Waals surface area (Å²) in [5.41, 5.74) is 3.96. The summed E-state index contributed by atoms with van der Waals surface area (Å²) in [6, 6.07) is 13.4.